The number of sulfonamides is 1. The van der Waals surface area contributed by atoms with Crippen LogP contribution in [0.15, 0.2) is 82.6 Å². The van der Waals surface area contributed by atoms with Crippen molar-refractivity contribution in [3.05, 3.63) is 100 Å². The predicted octanol–water partition coefficient (Wildman–Crippen LogP) is 4.96. The third kappa shape index (κ3) is 6.10. The molecule has 13 heteroatoms. The van der Waals surface area contributed by atoms with Gasteiger partial charge in [0.25, 0.3) is 15.6 Å². The molecule has 2 heterocycles. The summed E-state index contributed by atoms with van der Waals surface area (Å²) in [6, 6.07) is 16.1. The lowest BCUT2D eigenvalue weighted by Crippen LogP contribution is -2.24. The van der Waals surface area contributed by atoms with Crippen LogP contribution in [0, 0.1) is 11.6 Å². The van der Waals surface area contributed by atoms with Crippen LogP contribution in [0.4, 0.5) is 20.4 Å². The molecule has 0 unspecified atom stereocenters. The number of hydrogen-bond acceptors (Lipinski definition) is 8. The van der Waals surface area contributed by atoms with Gasteiger partial charge < -0.3 is 10.5 Å². The van der Waals surface area contributed by atoms with Gasteiger partial charge in [-0.2, -0.15) is 0 Å². The molecule has 0 saturated carbocycles. The Kier molecular flexibility index (Phi) is 8.61. The van der Waals surface area contributed by atoms with E-state index in [1.54, 1.807) is 24.3 Å². The zero-order valence-electron chi connectivity index (χ0n) is 24.2. The maximum Gasteiger partial charge on any atom is 0.267 e. The first-order valence-corrected chi connectivity index (χ1v) is 15.2. The summed E-state index contributed by atoms with van der Waals surface area (Å²) in [6.45, 7) is 6.65. The molecule has 228 valence electrons. The standard InChI is InChI=1S/C31H30F2N6O4S/c1-4-38(5-2)18-19-7-6-8-23(13-19)39-30(40)24-14-20(9-11-26(24)36-31(39)34)21-15-27(29(43-3)35-17-21)37-44(41,42)28-12-10-22(32)16-25(28)33/h6-17,37H,4-5,18H2,1-3H3,(H2,34,36). The molecule has 5 aromatic rings. The van der Waals surface area contributed by atoms with E-state index in [0.29, 0.717) is 34.9 Å². The number of nitrogens with one attached hydrogen (secondary N) is 1. The molecule has 44 heavy (non-hydrogen) atoms. The van der Waals surface area contributed by atoms with Crippen LogP contribution in [0.3, 0.4) is 0 Å². The van der Waals surface area contributed by atoms with Gasteiger partial charge in [-0.3, -0.25) is 14.4 Å². The molecule has 3 aromatic carbocycles. The van der Waals surface area contributed by atoms with E-state index in [4.69, 9.17) is 10.5 Å². The highest BCUT2D eigenvalue weighted by atomic mass is 32.2. The number of nitrogens with zero attached hydrogens (tertiary/aromatic N) is 4. The van der Waals surface area contributed by atoms with Crippen molar-refractivity contribution >= 4 is 32.6 Å². The Morgan fingerprint density at radius 2 is 1.77 bits per heavy atom. The van der Waals surface area contributed by atoms with Crippen molar-refractivity contribution in [1.29, 1.82) is 0 Å². The Morgan fingerprint density at radius 3 is 2.48 bits per heavy atom. The molecular weight excluding hydrogens is 590 g/mol. The van der Waals surface area contributed by atoms with E-state index in [0.717, 1.165) is 30.8 Å². The molecule has 0 aliphatic heterocycles. The topological polar surface area (TPSA) is 132 Å². The van der Waals surface area contributed by atoms with E-state index in [2.05, 4.69) is 33.4 Å². The summed E-state index contributed by atoms with van der Waals surface area (Å²) in [7, 11) is -3.19. The molecule has 0 radical (unpaired) electrons. The lowest BCUT2D eigenvalue weighted by atomic mass is 10.0. The van der Waals surface area contributed by atoms with E-state index in [9.17, 15) is 22.0 Å². The monoisotopic (exact) mass is 620 g/mol. The first kappa shape index (κ1) is 30.6. The largest absolute Gasteiger partial charge is 0.480 e. The SMILES string of the molecule is CCN(CC)Cc1cccc(-n2c(N)nc3ccc(-c4cnc(OC)c(NS(=O)(=O)c5ccc(F)cc5F)c4)cc3c2=O)c1. The van der Waals surface area contributed by atoms with Crippen LogP contribution in [0.5, 0.6) is 5.88 Å². The summed E-state index contributed by atoms with van der Waals surface area (Å²) < 4.78 is 62.4. The second-order valence-corrected chi connectivity index (χ2v) is 11.6. The van der Waals surface area contributed by atoms with Crippen LogP contribution < -0.4 is 20.8 Å². The van der Waals surface area contributed by atoms with Crippen molar-refractivity contribution in [2.75, 3.05) is 30.7 Å². The molecule has 0 spiro atoms. The summed E-state index contributed by atoms with van der Waals surface area (Å²) in [5.74, 6) is -2.22. The molecule has 5 rings (SSSR count). The summed E-state index contributed by atoms with van der Waals surface area (Å²) in [4.78, 5) is 23.9. The van der Waals surface area contributed by atoms with E-state index >= 15 is 0 Å². The molecule has 10 nitrogen and oxygen atoms in total. The van der Waals surface area contributed by atoms with Gasteiger partial charge >= 0.3 is 0 Å². The Morgan fingerprint density at radius 1 is 1.00 bits per heavy atom. The van der Waals surface area contributed by atoms with Crippen molar-refractivity contribution in [3.63, 3.8) is 0 Å². The zero-order valence-corrected chi connectivity index (χ0v) is 25.0. The normalized spacial score (nSPS) is 11.7. The average Bonchev–Trinajstić information content (AvgIpc) is 2.99. The first-order chi connectivity index (χ1) is 21.0. The number of nitrogens with two attached hydrogens (primary N) is 1. The van der Waals surface area contributed by atoms with E-state index in [1.807, 2.05) is 18.2 Å². The highest BCUT2D eigenvalue weighted by molar-refractivity contribution is 7.92. The number of methoxy groups -OCH3 is 1. The number of nitrogen functional groups attached to an aromatic ring is 1. The molecule has 0 fully saturated rings. The third-order valence-corrected chi connectivity index (χ3v) is 8.57. The Bertz CT molecular complexity index is 2030. The minimum Gasteiger partial charge on any atom is -0.480 e. The minimum atomic E-state index is -4.48. The summed E-state index contributed by atoms with van der Waals surface area (Å²) in [5.41, 5.74) is 8.70. The highest BCUT2D eigenvalue weighted by Gasteiger charge is 2.22. The molecule has 0 aliphatic carbocycles. The second kappa shape index (κ2) is 12.4. The lowest BCUT2D eigenvalue weighted by molar-refractivity contribution is 0.296. The van der Waals surface area contributed by atoms with Gasteiger partial charge in [0, 0.05) is 24.4 Å². The summed E-state index contributed by atoms with van der Waals surface area (Å²) in [6.07, 6.45) is 1.44. The van der Waals surface area contributed by atoms with Crippen LogP contribution in [-0.4, -0.2) is 48.1 Å². The number of pyridine rings is 1. The number of fused-ring (bicyclic) bond motifs is 1. The quantitative estimate of drug-likeness (QED) is 0.224. The fraction of sp³-hybridized carbons (Fsp3) is 0.194. The third-order valence-electron chi connectivity index (χ3n) is 7.17. The van der Waals surface area contributed by atoms with Gasteiger partial charge in [-0.25, -0.2) is 31.7 Å². The number of aromatic nitrogens is 3. The van der Waals surface area contributed by atoms with Crippen LogP contribution in [0.2, 0.25) is 0 Å². The van der Waals surface area contributed by atoms with Crippen molar-refractivity contribution in [2.24, 2.45) is 0 Å². The van der Waals surface area contributed by atoms with Crippen molar-refractivity contribution < 1.29 is 21.9 Å². The van der Waals surface area contributed by atoms with Gasteiger partial charge in [-0.15, -0.1) is 0 Å². The first-order valence-electron chi connectivity index (χ1n) is 13.7. The predicted molar refractivity (Wildman–Crippen MR) is 165 cm³/mol. The van der Waals surface area contributed by atoms with Crippen molar-refractivity contribution in [1.82, 2.24) is 19.4 Å². The molecule has 2 aromatic heterocycles. The van der Waals surface area contributed by atoms with Crippen LogP contribution in [0.1, 0.15) is 19.4 Å². The number of benzene rings is 3. The number of rotatable bonds is 10. The summed E-state index contributed by atoms with van der Waals surface area (Å²) >= 11 is 0. The molecule has 0 bridgehead atoms. The van der Waals surface area contributed by atoms with Gasteiger partial charge in [0.05, 0.1) is 23.7 Å². The molecule has 0 aliphatic rings. The Labute approximate surface area is 252 Å². The van der Waals surface area contributed by atoms with E-state index < -0.39 is 26.6 Å². The molecular formula is C31H30F2N6O4S. The molecule has 3 N–H and O–H groups in total. The van der Waals surface area contributed by atoms with Crippen LogP contribution in [-0.2, 0) is 16.6 Å². The lowest BCUT2D eigenvalue weighted by Gasteiger charge is -2.19. The van der Waals surface area contributed by atoms with Crippen LogP contribution >= 0.6 is 0 Å². The van der Waals surface area contributed by atoms with Gasteiger partial charge in [-0.05, 0) is 66.7 Å². The van der Waals surface area contributed by atoms with Gasteiger partial charge in [-0.1, -0.05) is 32.0 Å². The smallest absolute Gasteiger partial charge is 0.267 e. The maximum atomic E-state index is 14.3. The van der Waals surface area contributed by atoms with Crippen LogP contribution in [0.25, 0.3) is 27.7 Å². The molecule has 0 saturated heterocycles. The zero-order chi connectivity index (χ0) is 31.6. The van der Waals surface area contributed by atoms with Gasteiger partial charge in [0.2, 0.25) is 11.8 Å². The Hall–Kier alpha value is -4.88. The summed E-state index contributed by atoms with van der Waals surface area (Å²) in [5, 5.41) is 0.275. The fourth-order valence-corrected chi connectivity index (χ4v) is 5.98. The second-order valence-electron chi connectivity index (χ2n) is 9.93. The molecule has 0 atom stereocenters. The highest BCUT2D eigenvalue weighted by Crippen LogP contribution is 2.32. The maximum absolute atomic E-state index is 14.3. The van der Waals surface area contributed by atoms with E-state index in [1.165, 1.54) is 23.9 Å². The Balaban J connectivity index is 1.55. The molecule has 0 amide bonds. The number of hydrogen-bond donors (Lipinski definition) is 2. The van der Waals surface area contributed by atoms with Crippen molar-refractivity contribution in [2.45, 2.75) is 25.3 Å². The van der Waals surface area contributed by atoms with E-state index in [-0.39, 0.29) is 28.5 Å². The fourth-order valence-electron chi connectivity index (χ4n) is 4.87. The number of halogens is 2. The minimum absolute atomic E-state index is 0.0334. The van der Waals surface area contributed by atoms with Crippen molar-refractivity contribution in [3.8, 4) is 22.7 Å². The average molecular weight is 621 g/mol. The number of anilines is 2. The van der Waals surface area contributed by atoms with Gasteiger partial charge in [0.1, 0.15) is 22.2 Å². The van der Waals surface area contributed by atoms with Gasteiger partial charge in [0.15, 0.2) is 0 Å². The number of ether oxygens (including phenoxy) is 1.